The van der Waals surface area contributed by atoms with Gasteiger partial charge in [-0.05, 0) is 36.4 Å². The molecule has 0 saturated carbocycles. The van der Waals surface area contributed by atoms with Gasteiger partial charge in [-0.15, -0.1) is 0 Å². The van der Waals surface area contributed by atoms with Gasteiger partial charge >= 0.3 is 6.18 Å². The first-order valence-corrected chi connectivity index (χ1v) is 10.9. The van der Waals surface area contributed by atoms with Gasteiger partial charge in [0.25, 0.3) is 5.91 Å². The van der Waals surface area contributed by atoms with Crippen LogP contribution in [0.2, 0.25) is 0 Å². The molecule has 0 aromatic heterocycles. The van der Waals surface area contributed by atoms with Crippen molar-refractivity contribution in [3.63, 3.8) is 0 Å². The number of carbonyl (C=O) groups is 1. The van der Waals surface area contributed by atoms with Crippen LogP contribution in [0.25, 0.3) is 0 Å². The molecule has 0 spiro atoms. The Balaban J connectivity index is 2.19. The molecular formula is C16H15F3N2O5S2. The number of sulfonamides is 1. The minimum absolute atomic E-state index is 0.103. The van der Waals surface area contributed by atoms with E-state index in [2.05, 4.69) is 5.32 Å². The van der Waals surface area contributed by atoms with Gasteiger partial charge in [0.05, 0.1) is 15.4 Å². The third-order valence-corrected chi connectivity index (χ3v) is 5.99. The molecule has 152 valence electrons. The lowest BCUT2D eigenvalue weighted by molar-refractivity contribution is -0.121. The zero-order valence-corrected chi connectivity index (χ0v) is 16.0. The zero-order valence-electron chi connectivity index (χ0n) is 14.3. The molecule has 28 heavy (non-hydrogen) atoms. The molecule has 0 atom stereocenters. The summed E-state index contributed by atoms with van der Waals surface area (Å²) in [6.07, 6.45) is -3.75. The largest absolute Gasteiger partial charge is 0.402 e. The second-order valence-corrected chi connectivity index (χ2v) is 9.44. The fraction of sp³-hybridized carbons (Fsp3) is 0.188. The van der Waals surface area contributed by atoms with Crippen molar-refractivity contribution in [2.75, 3.05) is 18.1 Å². The molecule has 7 nitrogen and oxygen atoms in total. The average Bonchev–Trinajstić information content (AvgIpc) is 2.59. The average molecular weight is 436 g/mol. The SMILES string of the molecule is CS(=O)(=O)c1ccccc1C(=O)Nc1ccc(S(=O)(=O)NCC(F)(F)F)cc1. The zero-order chi connectivity index (χ0) is 21.2. The lowest BCUT2D eigenvalue weighted by Gasteiger charge is -2.11. The number of nitrogens with one attached hydrogen (secondary N) is 2. The molecule has 0 heterocycles. The number of sulfone groups is 1. The van der Waals surface area contributed by atoms with Gasteiger partial charge in [-0.25, -0.2) is 21.6 Å². The molecular weight excluding hydrogens is 421 g/mol. The first-order valence-electron chi connectivity index (χ1n) is 7.56. The number of hydrogen-bond acceptors (Lipinski definition) is 5. The predicted octanol–water partition coefficient (Wildman–Crippen LogP) is 2.18. The summed E-state index contributed by atoms with van der Waals surface area (Å²) in [5.41, 5.74) is 0.0246. The molecule has 2 aromatic rings. The number of carbonyl (C=O) groups excluding carboxylic acids is 1. The molecule has 0 aliphatic rings. The summed E-state index contributed by atoms with van der Waals surface area (Å²) in [6, 6.07) is 9.88. The number of hydrogen-bond donors (Lipinski definition) is 2. The first kappa shape index (κ1) is 21.9. The van der Waals surface area contributed by atoms with E-state index in [0.717, 1.165) is 18.4 Å². The highest BCUT2D eigenvalue weighted by Crippen LogP contribution is 2.20. The van der Waals surface area contributed by atoms with E-state index in [0.29, 0.717) is 0 Å². The van der Waals surface area contributed by atoms with Crippen molar-refractivity contribution < 1.29 is 34.8 Å². The normalized spacial score (nSPS) is 12.6. The van der Waals surface area contributed by atoms with E-state index in [-0.39, 0.29) is 16.1 Å². The number of halogens is 3. The number of rotatable bonds is 6. The van der Waals surface area contributed by atoms with Crippen LogP contribution in [0.4, 0.5) is 18.9 Å². The van der Waals surface area contributed by atoms with Crippen molar-refractivity contribution >= 4 is 31.5 Å². The molecule has 2 N–H and O–H groups in total. The van der Waals surface area contributed by atoms with Crippen LogP contribution >= 0.6 is 0 Å². The quantitative estimate of drug-likeness (QED) is 0.722. The topological polar surface area (TPSA) is 109 Å². The Labute approximate surface area is 159 Å². The van der Waals surface area contributed by atoms with E-state index in [1.165, 1.54) is 41.1 Å². The van der Waals surface area contributed by atoms with Gasteiger partial charge in [-0.2, -0.15) is 13.2 Å². The minimum Gasteiger partial charge on any atom is -0.322 e. The highest BCUT2D eigenvalue weighted by molar-refractivity contribution is 7.90. The van der Waals surface area contributed by atoms with Crippen LogP contribution in [0.1, 0.15) is 10.4 Å². The highest BCUT2D eigenvalue weighted by Gasteiger charge is 2.30. The monoisotopic (exact) mass is 436 g/mol. The van der Waals surface area contributed by atoms with Crippen LogP contribution in [0.5, 0.6) is 0 Å². The third-order valence-electron chi connectivity index (χ3n) is 3.42. The van der Waals surface area contributed by atoms with Crippen molar-refractivity contribution in [1.82, 2.24) is 4.72 Å². The van der Waals surface area contributed by atoms with E-state index in [4.69, 9.17) is 0 Å². The Morgan fingerprint density at radius 3 is 2.07 bits per heavy atom. The molecule has 0 bridgehead atoms. The van der Waals surface area contributed by atoms with Gasteiger partial charge in [-0.3, -0.25) is 4.79 Å². The summed E-state index contributed by atoms with van der Waals surface area (Å²) in [5, 5.41) is 2.41. The Morgan fingerprint density at radius 1 is 0.964 bits per heavy atom. The first-order chi connectivity index (χ1) is 12.8. The van der Waals surface area contributed by atoms with Crippen molar-refractivity contribution in [2.24, 2.45) is 0 Å². The maximum absolute atomic E-state index is 12.3. The molecule has 0 unspecified atom stereocenters. The Bertz CT molecular complexity index is 1080. The summed E-state index contributed by atoms with van der Waals surface area (Å²) in [6.45, 7) is -1.71. The Kier molecular flexibility index (Phi) is 6.16. The van der Waals surface area contributed by atoms with Crippen LogP contribution in [-0.4, -0.2) is 41.7 Å². The van der Waals surface area contributed by atoms with E-state index in [1.807, 2.05) is 0 Å². The number of alkyl halides is 3. The molecule has 1 amide bonds. The predicted molar refractivity (Wildman–Crippen MR) is 95.2 cm³/mol. The van der Waals surface area contributed by atoms with E-state index >= 15 is 0 Å². The summed E-state index contributed by atoms with van der Waals surface area (Å²) >= 11 is 0. The smallest absolute Gasteiger partial charge is 0.322 e. The van der Waals surface area contributed by atoms with Crippen molar-refractivity contribution in [1.29, 1.82) is 0 Å². The van der Waals surface area contributed by atoms with Crippen LogP contribution in [0, 0.1) is 0 Å². The fourth-order valence-electron chi connectivity index (χ4n) is 2.15. The second kappa shape index (κ2) is 7.89. The van der Waals surface area contributed by atoms with Crippen LogP contribution in [0.3, 0.4) is 0 Å². The summed E-state index contributed by atoms with van der Waals surface area (Å²) in [4.78, 5) is 11.7. The fourth-order valence-corrected chi connectivity index (χ4v) is 4.05. The van der Waals surface area contributed by atoms with E-state index < -0.39 is 43.4 Å². The van der Waals surface area contributed by atoms with Gasteiger partial charge in [0.15, 0.2) is 9.84 Å². The maximum atomic E-state index is 12.3. The Morgan fingerprint density at radius 2 is 1.54 bits per heavy atom. The number of amides is 1. The molecule has 0 aliphatic heterocycles. The van der Waals surface area contributed by atoms with Gasteiger partial charge in [-0.1, -0.05) is 12.1 Å². The molecule has 0 aliphatic carbocycles. The summed E-state index contributed by atoms with van der Waals surface area (Å²) in [5.74, 6) is -0.744. The number of benzene rings is 2. The third kappa shape index (κ3) is 5.78. The van der Waals surface area contributed by atoms with Gasteiger partial charge in [0, 0.05) is 11.9 Å². The molecule has 0 radical (unpaired) electrons. The van der Waals surface area contributed by atoms with Gasteiger partial charge in [0.2, 0.25) is 10.0 Å². The Hall–Kier alpha value is -2.44. The van der Waals surface area contributed by atoms with Gasteiger partial charge < -0.3 is 5.32 Å². The van der Waals surface area contributed by atoms with Gasteiger partial charge in [0.1, 0.15) is 6.54 Å². The number of anilines is 1. The van der Waals surface area contributed by atoms with Crippen LogP contribution < -0.4 is 10.0 Å². The van der Waals surface area contributed by atoms with E-state index in [9.17, 15) is 34.8 Å². The second-order valence-electron chi connectivity index (χ2n) is 5.69. The molecule has 0 fully saturated rings. The molecule has 2 rings (SSSR count). The maximum Gasteiger partial charge on any atom is 0.402 e. The molecule has 12 heteroatoms. The summed E-state index contributed by atoms with van der Waals surface area (Å²) < 4.78 is 85.1. The molecule has 0 saturated heterocycles. The van der Waals surface area contributed by atoms with Crippen molar-refractivity contribution in [3.05, 3.63) is 54.1 Å². The van der Waals surface area contributed by atoms with Crippen LogP contribution in [-0.2, 0) is 19.9 Å². The lowest BCUT2D eigenvalue weighted by atomic mass is 10.2. The lowest BCUT2D eigenvalue weighted by Crippen LogP contribution is -2.33. The van der Waals surface area contributed by atoms with E-state index in [1.54, 1.807) is 0 Å². The minimum atomic E-state index is -4.70. The molecule has 2 aromatic carbocycles. The van der Waals surface area contributed by atoms with Crippen molar-refractivity contribution in [3.8, 4) is 0 Å². The highest BCUT2D eigenvalue weighted by atomic mass is 32.2. The van der Waals surface area contributed by atoms with Crippen molar-refractivity contribution in [2.45, 2.75) is 16.0 Å². The standard InChI is InChI=1S/C16H15F3N2O5S2/c1-27(23,24)14-5-3-2-4-13(14)15(22)21-11-6-8-12(9-7-11)28(25,26)20-10-16(17,18)19/h2-9,20H,10H2,1H3,(H,21,22). The summed E-state index contributed by atoms with van der Waals surface area (Å²) in [7, 11) is -8.03. The van der Waals surface area contributed by atoms with Crippen LogP contribution in [0.15, 0.2) is 58.3 Å².